The highest BCUT2D eigenvalue weighted by Gasteiger charge is 2.33. The smallest absolute Gasteiger partial charge is 0.249 e. The van der Waals surface area contributed by atoms with Crippen LogP contribution >= 0.6 is 0 Å². The van der Waals surface area contributed by atoms with Crippen molar-refractivity contribution in [3.8, 4) is 6.07 Å². The maximum absolute atomic E-state index is 11.9. The highest BCUT2D eigenvalue weighted by atomic mass is 16.3. The first-order valence-corrected chi connectivity index (χ1v) is 7.77. The van der Waals surface area contributed by atoms with E-state index >= 15 is 0 Å². The van der Waals surface area contributed by atoms with Crippen LogP contribution in [0.1, 0.15) is 31.2 Å². The van der Waals surface area contributed by atoms with Crippen LogP contribution in [0, 0.1) is 17.2 Å². The lowest BCUT2D eigenvalue weighted by Gasteiger charge is -2.34. The van der Waals surface area contributed by atoms with Gasteiger partial charge in [-0.2, -0.15) is 5.26 Å². The van der Waals surface area contributed by atoms with Gasteiger partial charge in [0, 0.05) is 25.3 Å². The van der Waals surface area contributed by atoms with Crippen molar-refractivity contribution >= 4 is 11.7 Å². The molecule has 1 saturated carbocycles. The summed E-state index contributed by atoms with van der Waals surface area (Å²) in [6, 6.07) is 5.94. The summed E-state index contributed by atoms with van der Waals surface area (Å²) in [6.07, 6.45) is 4.24. The van der Waals surface area contributed by atoms with Gasteiger partial charge in [0.25, 0.3) is 0 Å². The number of pyridine rings is 1. The molecule has 2 heterocycles. The van der Waals surface area contributed by atoms with Gasteiger partial charge in [0.1, 0.15) is 18.0 Å². The average molecular weight is 300 g/mol. The molecule has 1 atom stereocenters. The van der Waals surface area contributed by atoms with Gasteiger partial charge in [0.05, 0.1) is 5.56 Å². The second kappa shape index (κ2) is 6.32. The third-order valence-electron chi connectivity index (χ3n) is 4.39. The highest BCUT2D eigenvalue weighted by molar-refractivity contribution is 5.81. The van der Waals surface area contributed by atoms with Gasteiger partial charge in [-0.1, -0.05) is 0 Å². The first-order valence-electron chi connectivity index (χ1n) is 7.77. The second-order valence-corrected chi connectivity index (χ2v) is 6.04. The summed E-state index contributed by atoms with van der Waals surface area (Å²) in [7, 11) is 0. The Morgan fingerprint density at radius 1 is 1.41 bits per heavy atom. The minimum absolute atomic E-state index is 0.0238. The predicted molar refractivity (Wildman–Crippen MR) is 81.1 cm³/mol. The van der Waals surface area contributed by atoms with Crippen LogP contribution in [0.15, 0.2) is 18.3 Å². The van der Waals surface area contributed by atoms with Crippen molar-refractivity contribution in [3.63, 3.8) is 0 Å². The van der Waals surface area contributed by atoms with E-state index in [9.17, 15) is 9.90 Å². The Bertz CT molecular complexity index is 586. The molecule has 1 saturated heterocycles. The number of amides is 1. The molecule has 1 aliphatic heterocycles. The molecule has 6 heteroatoms. The van der Waals surface area contributed by atoms with Crippen molar-refractivity contribution in [2.45, 2.75) is 37.8 Å². The Labute approximate surface area is 129 Å². The summed E-state index contributed by atoms with van der Waals surface area (Å²) >= 11 is 0. The number of carbonyl (C=O) groups is 1. The number of piperidine rings is 1. The molecular weight excluding hydrogens is 280 g/mol. The SMILES string of the molecule is N#Cc1cccnc1N1CCC([C@@H](O)C(=O)NC2CC2)CC1. The van der Waals surface area contributed by atoms with E-state index in [1.807, 2.05) is 0 Å². The van der Waals surface area contributed by atoms with E-state index in [0.29, 0.717) is 24.5 Å². The van der Waals surface area contributed by atoms with E-state index in [1.54, 1.807) is 18.3 Å². The minimum Gasteiger partial charge on any atom is -0.383 e. The van der Waals surface area contributed by atoms with E-state index in [0.717, 1.165) is 25.7 Å². The second-order valence-electron chi connectivity index (χ2n) is 6.04. The van der Waals surface area contributed by atoms with Crippen molar-refractivity contribution in [3.05, 3.63) is 23.9 Å². The molecule has 1 aromatic heterocycles. The van der Waals surface area contributed by atoms with Crippen LogP contribution in [-0.2, 0) is 4.79 Å². The zero-order chi connectivity index (χ0) is 15.5. The molecule has 2 N–H and O–H groups in total. The fourth-order valence-corrected chi connectivity index (χ4v) is 2.89. The van der Waals surface area contributed by atoms with Crippen LogP contribution in [0.25, 0.3) is 0 Å². The minimum atomic E-state index is -0.929. The molecule has 6 nitrogen and oxygen atoms in total. The van der Waals surface area contributed by atoms with Crippen molar-refractivity contribution in [2.75, 3.05) is 18.0 Å². The molecule has 116 valence electrons. The van der Waals surface area contributed by atoms with Crippen LogP contribution in [-0.4, -0.2) is 41.2 Å². The number of hydrogen-bond acceptors (Lipinski definition) is 5. The number of hydrogen-bond donors (Lipinski definition) is 2. The average Bonchev–Trinajstić information content (AvgIpc) is 3.38. The van der Waals surface area contributed by atoms with E-state index in [-0.39, 0.29) is 17.9 Å². The number of aliphatic hydroxyl groups excluding tert-OH is 1. The molecule has 3 rings (SSSR count). The lowest BCUT2D eigenvalue weighted by Crippen LogP contribution is -2.45. The van der Waals surface area contributed by atoms with Gasteiger partial charge in [0.2, 0.25) is 5.91 Å². The van der Waals surface area contributed by atoms with Crippen LogP contribution < -0.4 is 10.2 Å². The normalized spacial score (nSPS) is 20.3. The maximum Gasteiger partial charge on any atom is 0.249 e. The maximum atomic E-state index is 11.9. The monoisotopic (exact) mass is 300 g/mol. The van der Waals surface area contributed by atoms with Crippen LogP contribution in [0.2, 0.25) is 0 Å². The fraction of sp³-hybridized carbons (Fsp3) is 0.562. The number of rotatable bonds is 4. The molecule has 2 aliphatic rings. The fourth-order valence-electron chi connectivity index (χ4n) is 2.89. The Hall–Kier alpha value is -2.13. The van der Waals surface area contributed by atoms with Crippen LogP contribution in [0.3, 0.4) is 0 Å². The summed E-state index contributed by atoms with van der Waals surface area (Å²) in [5.74, 6) is 0.432. The van der Waals surface area contributed by atoms with Crippen molar-refractivity contribution in [1.82, 2.24) is 10.3 Å². The van der Waals surface area contributed by atoms with Gasteiger partial charge in [-0.15, -0.1) is 0 Å². The standard InChI is InChI=1S/C16H20N4O2/c17-10-12-2-1-7-18-15(12)20-8-5-11(6-9-20)14(21)16(22)19-13-3-4-13/h1-2,7,11,13-14,21H,3-6,8-9H2,(H,19,22)/t14-/m1/s1. The Morgan fingerprint density at radius 3 is 2.77 bits per heavy atom. The molecule has 1 aliphatic carbocycles. The Balaban J connectivity index is 1.57. The van der Waals surface area contributed by atoms with Gasteiger partial charge >= 0.3 is 0 Å². The summed E-state index contributed by atoms with van der Waals surface area (Å²) in [6.45, 7) is 1.40. The highest BCUT2D eigenvalue weighted by Crippen LogP contribution is 2.27. The molecule has 2 fully saturated rings. The topological polar surface area (TPSA) is 89.2 Å². The molecule has 0 radical (unpaired) electrons. The molecule has 22 heavy (non-hydrogen) atoms. The molecule has 0 aromatic carbocycles. The Kier molecular flexibility index (Phi) is 4.25. The Morgan fingerprint density at radius 2 is 2.14 bits per heavy atom. The number of nitrogens with zero attached hydrogens (tertiary/aromatic N) is 3. The third-order valence-corrected chi connectivity index (χ3v) is 4.39. The van der Waals surface area contributed by atoms with Crippen LogP contribution in [0.4, 0.5) is 5.82 Å². The quantitative estimate of drug-likeness (QED) is 0.859. The van der Waals surface area contributed by atoms with Gasteiger partial charge in [0.15, 0.2) is 0 Å². The van der Waals surface area contributed by atoms with E-state index in [1.165, 1.54) is 0 Å². The molecule has 1 amide bonds. The van der Waals surface area contributed by atoms with E-state index < -0.39 is 6.10 Å². The summed E-state index contributed by atoms with van der Waals surface area (Å²) < 4.78 is 0. The summed E-state index contributed by atoms with van der Waals surface area (Å²) in [4.78, 5) is 18.3. The van der Waals surface area contributed by atoms with Gasteiger partial charge in [-0.25, -0.2) is 4.98 Å². The molecular formula is C16H20N4O2. The number of nitrogens with one attached hydrogen (secondary N) is 1. The number of aromatic nitrogens is 1. The van der Waals surface area contributed by atoms with Gasteiger partial charge in [-0.3, -0.25) is 4.79 Å². The van der Waals surface area contributed by atoms with E-state index in [4.69, 9.17) is 5.26 Å². The van der Waals surface area contributed by atoms with Crippen molar-refractivity contribution < 1.29 is 9.90 Å². The zero-order valence-electron chi connectivity index (χ0n) is 12.4. The number of anilines is 1. The molecule has 0 spiro atoms. The van der Waals surface area contributed by atoms with E-state index in [2.05, 4.69) is 21.3 Å². The first kappa shape index (κ1) is 14.8. The lowest BCUT2D eigenvalue weighted by molar-refractivity contribution is -0.132. The first-order chi connectivity index (χ1) is 10.7. The number of aliphatic hydroxyl groups is 1. The van der Waals surface area contributed by atoms with Gasteiger partial charge in [-0.05, 0) is 43.7 Å². The molecule has 0 bridgehead atoms. The summed E-state index contributed by atoms with van der Waals surface area (Å²) in [5, 5.41) is 22.2. The third kappa shape index (κ3) is 3.20. The summed E-state index contributed by atoms with van der Waals surface area (Å²) in [5.41, 5.74) is 0.563. The molecule has 1 aromatic rings. The molecule has 0 unspecified atom stereocenters. The van der Waals surface area contributed by atoms with Crippen molar-refractivity contribution in [1.29, 1.82) is 5.26 Å². The number of carbonyl (C=O) groups excluding carboxylic acids is 1. The van der Waals surface area contributed by atoms with Crippen LogP contribution in [0.5, 0.6) is 0 Å². The lowest BCUT2D eigenvalue weighted by atomic mass is 9.90. The zero-order valence-corrected chi connectivity index (χ0v) is 12.4. The van der Waals surface area contributed by atoms with Crippen molar-refractivity contribution in [2.24, 2.45) is 5.92 Å². The van der Waals surface area contributed by atoms with Gasteiger partial charge < -0.3 is 15.3 Å². The number of nitriles is 1. The predicted octanol–water partition coefficient (Wildman–Crippen LogP) is 0.809. The largest absolute Gasteiger partial charge is 0.383 e.